The number of aryl methyl sites for hydroxylation is 2. The van der Waals surface area contributed by atoms with Gasteiger partial charge in [-0.25, -0.2) is 0 Å². The van der Waals surface area contributed by atoms with Crippen LogP contribution in [0.1, 0.15) is 27.0 Å². The summed E-state index contributed by atoms with van der Waals surface area (Å²) < 4.78 is 5.41. The molecule has 0 atom stereocenters. The van der Waals surface area contributed by atoms with Gasteiger partial charge < -0.3 is 15.0 Å². The van der Waals surface area contributed by atoms with Crippen LogP contribution in [0.15, 0.2) is 24.3 Å². The van der Waals surface area contributed by atoms with E-state index in [0.717, 1.165) is 35.8 Å². The van der Waals surface area contributed by atoms with E-state index < -0.39 is 0 Å². The minimum absolute atomic E-state index is 0.0837. The first-order valence-electron chi connectivity index (χ1n) is 8.11. The molecule has 128 valence electrons. The minimum atomic E-state index is -0.0837. The Morgan fingerprint density at radius 1 is 1.33 bits per heavy atom. The van der Waals surface area contributed by atoms with E-state index in [2.05, 4.69) is 24.1 Å². The molecule has 6 heteroatoms. The topological polar surface area (TPSA) is 41.6 Å². The van der Waals surface area contributed by atoms with Gasteiger partial charge in [-0.15, -0.1) is 11.3 Å². The summed E-state index contributed by atoms with van der Waals surface area (Å²) in [5, 5.41) is 3.64. The summed E-state index contributed by atoms with van der Waals surface area (Å²) in [6, 6.07) is 7.60. The van der Waals surface area contributed by atoms with Crippen LogP contribution in [-0.4, -0.2) is 32.2 Å². The predicted molar refractivity (Wildman–Crippen MR) is 101 cm³/mol. The molecule has 0 saturated carbocycles. The van der Waals surface area contributed by atoms with Crippen LogP contribution < -0.4 is 10.2 Å². The van der Waals surface area contributed by atoms with Crippen LogP contribution in [-0.2, 0) is 11.2 Å². The fraction of sp³-hybridized carbons (Fsp3) is 0.389. The number of nitrogens with one attached hydrogen (secondary N) is 1. The highest BCUT2D eigenvalue weighted by atomic mass is 35.5. The SMILES string of the molecule is CCc1cc(C(=O)Nc2cc(Cl)ccc2N2CCOCC2)sc1C. The number of rotatable bonds is 4. The number of hydrogen-bond donors (Lipinski definition) is 1. The number of nitrogens with zero attached hydrogens (tertiary/aromatic N) is 1. The lowest BCUT2D eigenvalue weighted by atomic mass is 10.2. The van der Waals surface area contributed by atoms with Crippen molar-refractivity contribution in [3.63, 3.8) is 0 Å². The minimum Gasteiger partial charge on any atom is -0.378 e. The largest absolute Gasteiger partial charge is 0.378 e. The second kappa shape index (κ2) is 7.55. The molecular weight excluding hydrogens is 344 g/mol. The van der Waals surface area contributed by atoms with Crippen LogP contribution in [0.5, 0.6) is 0 Å². The highest BCUT2D eigenvalue weighted by molar-refractivity contribution is 7.14. The highest BCUT2D eigenvalue weighted by Crippen LogP contribution is 2.31. The third-order valence-electron chi connectivity index (χ3n) is 4.18. The Kier molecular flexibility index (Phi) is 5.43. The summed E-state index contributed by atoms with van der Waals surface area (Å²) in [4.78, 5) is 16.8. The van der Waals surface area contributed by atoms with Gasteiger partial charge in [-0.3, -0.25) is 4.79 Å². The van der Waals surface area contributed by atoms with Crippen molar-refractivity contribution in [3.8, 4) is 0 Å². The molecule has 2 aromatic rings. The number of thiophene rings is 1. The number of carbonyl (C=O) groups excluding carboxylic acids is 1. The molecule has 0 radical (unpaired) electrons. The maximum absolute atomic E-state index is 12.7. The lowest BCUT2D eigenvalue weighted by Crippen LogP contribution is -2.36. The molecular formula is C18H21ClN2O2S. The fourth-order valence-electron chi connectivity index (χ4n) is 2.86. The van der Waals surface area contributed by atoms with Gasteiger partial charge in [0.1, 0.15) is 0 Å². The molecule has 2 heterocycles. The number of carbonyl (C=O) groups is 1. The van der Waals surface area contributed by atoms with E-state index in [4.69, 9.17) is 16.3 Å². The first kappa shape index (κ1) is 17.3. The zero-order valence-corrected chi connectivity index (χ0v) is 15.5. The Morgan fingerprint density at radius 2 is 2.08 bits per heavy atom. The van der Waals surface area contributed by atoms with Crippen LogP contribution >= 0.6 is 22.9 Å². The number of benzene rings is 1. The van der Waals surface area contributed by atoms with E-state index >= 15 is 0 Å². The second-order valence-electron chi connectivity index (χ2n) is 5.76. The van der Waals surface area contributed by atoms with Crippen molar-refractivity contribution in [2.45, 2.75) is 20.3 Å². The summed E-state index contributed by atoms with van der Waals surface area (Å²) in [6.07, 6.45) is 0.936. The Balaban J connectivity index is 1.85. The number of ether oxygens (including phenoxy) is 1. The molecule has 0 spiro atoms. The molecule has 4 nitrogen and oxygen atoms in total. The molecule has 1 aliphatic heterocycles. The van der Waals surface area contributed by atoms with Gasteiger partial charge in [-0.05, 0) is 43.2 Å². The van der Waals surface area contributed by atoms with Crippen molar-refractivity contribution in [1.82, 2.24) is 0 Å². The summed E-state index contributed by atoms with van der Waals surface area (Å²) in [7, 11) is 0. The maximum Gasteiger partial charge on any atom is 0.265 e. The third-order valence-corrected chi connectivity index (χ3v) is 5.51. The van der Waals surface area contributed by atoms with E-state index in [1.54, 1.807) is 0 Å². The van der Waals surface area contributed by atoms with Crippen LogP contribution in [0.4, 0.5) is 11.4 Å². The van der Waals surface area contributed by atoms with Crippen molar-refractivity contribution in [1.29, 1.82) is 0 Å². The Hall–Kier alpha value is -1.56. The molecule has 0 unspecified atom stereocenters. The van der Waals surface area contributed by atoms with Crippen LogP contribution in [0.25, 0.3) is 0 Å². The fourth-order valence-corrected chi connectivity index (χ4v) is 4.04. The van der Waals surface area contributed by atoms with Gasteiger partial charge in [0.05, 0.1) is 29.5 Å². The molecule has 0 bridgehead atoms. The Morgan fingerprint density at radius 3 is 2.75 bits per heavy atom. The van der Waals surface area contributed by atoms with Crippen molar-refractivity contribution >= 4 is 40.2 Å². The van der Waals surface area contributed by atoms with Crippen molar-refractivity contribution in [2.24, 2.45) is 0 Å². The number of anilines is 2. The molecule has 1 fully saturated rings. The van der Waals surface area contributed by atoms with Crippen molar-refractivity contribution < 1.29 is 9.53 Å². The van der Waals surface area contributed by atoms with Gasteiger partial charge in [-0.2, -0.15) is 0 Å². The zero-order chi connectivity index (χ0) is 17.1. The summed E-state index contributed by atoms with van der Waals surface area (Å²) in [5.74, 6) is -0.0837. The molecule has 1 N–H and O–H groups in total. The van der Waals surface area contributed by atoms with E-state index in [-0.39, 0.29) is 5.91 Å². The molecule has 24 heavy (non-hydrogen) atoms. The molecule has 1 aliphatic rings. The van der Waals surface area contributed by atoms with Crippen LogP contribution in [0, 0.1) is 6.92 Å². The highest BCUT2D eigenvalue weighted by Gasteiger charge is 2.18. The lowest BCUT2D eigenvalue weighted by Gasteiger charge is -2.30. The van der Waals surface area contributed by atoms with E-state index in [1.165, 1.54) is 21.8 Å². The smallest absolute Gasteiger partial charge is 0.265 e. The molecule has 1 saturated heterocycles. The molecule has 3 rings (SSSR count). The normalized spacial score (nSPS) is 14.7. The quantitative estimate of drug-likeness (QED) is 0.876. The van der Waals surface area contributed by atoms with Crippen molar-refractivity contribution in [2.75, 3.05) is 36.5 Å². The Bertz CT molecular complexity index is 739. The van der Waals surface area contributed by atoms with Gasteiger partial charge >= 0.3 is 0 Å². The van der Waals surface area contributed by atoms with Crippen molar-refractivity contribution in [3.05, 3.63) is 44.6 Å². The zero-order valence-electron chi connectivity index (χ0n) is 13.9. The van der Waals surface area contributed by atoms with Gasteiger partial charge in [0.15, 0.2) is 0 Å². The van der Waals surface area contributed by atoms with Crippen LogP contribution in [0.2, 0.25) is 5.02 Å². The lowest BCUT2D eigenvalue weighted by molar-refractivity contribution is 0.103. The maximum atomic E-state index is 12.7. The molecule has 1 amide bonds. The standard InChI is InChI=1S/C18H21ClN2O2S/c1-3-13-10-17(24-12(13)2)18(22)20-15-11-14(19)4-5-16(15)21-6-8-23-9-7-21/h4-5,10-11H,3,6-9H2,1-2H3,(H,20,22). The first-order valence-corrected chi connectivity index (χ1v) is 9.31. The first-order chi connectivity index (χ1) is 11.6. The van der Waals surface area contributed by atoms with Gasteiger partial charge in [-0.1, -0.05) is 18.5 Å². The van der Waals surface area contributed by atoms with Crippen LogP contribution in [0.3, 0.4) is 0 Å². The number of halogens is 1. The summed E-state index contributed by atoms with van der Waals surface area (Å²) in [5.41, 5.74) is 2.96. The Labute approximate surface area is 151 Å². The summed E-state index contributed by atoms with van der Waals surface area (Å²) in [6.45, 7) is 7.16. The van der Waals surface area contributed by atoms with E-state index in [0.29, 0.717) is 18.2 Å². The second-order valence-corrected chi connectivity index (χ2v) is 7.45. The monoisotopic (exact) mass is 364 g/mol. The average molecular weight is 365 g/mol. The number of hydrogen-bond acceptors (Lipinski definition) is 4. The molecule has 1 aromatic carbocycles. The number of morpholine rings is 1. The number of amides is 1. The average Bonchev–Trinajstić information content (AvgIpc) is 2.97. The van der Waals surface area contributed by atoms with Gasteiger partial charge in [0, 0.05) is 23.0 Å². The summed E-state index contributed by atoms with van der Waals surface area (Å²) >= 11 is 7.68. The van der Waals surface area contributed by atoms with E-state index in [9.17, 15) is 4.79 Å². The van der Waals surface area contributed by atoms with Gasteiger partial charge in [0.2, 0.25) is 0 Å². The third kappa shape index (κ3) is 3.74. The predicted octanol–water partition coefficient (Wildman–Crippen LogP) is 4.36. The molecule has 1 aromatic heterocycles. The molecule has 0 aliphatic carbocycles. The van der Waals surface area contributed by atoms with E-state index in [1.807, 2.05) is 24.3 Å². The van der Waals surface area contributed by atoms with Gasteiger partial charge in [0.25, 0.3) is 5.91 Å².